The number of nitrogens with zero attached hydrogens (tertiary/aromatic N) is 3. The van der Waals surface area contributed by atoms with Crippen LogP contribution in [0.5, 0.6) is 0 Å². The number of aromatic nitrogens is 1. The first-order chi connectivity index (χ1) is 11.8. The van der Waals surface area contributed by atoms with E-state index in [1.165, 1.54) is 0 Å². The number of rotatable bonds is 3. The van der Waals surface area contributed by atoms with E-state index >= 15 is 0 Å². The summed E-state index contributed by atoms with van der Waals surface area (Å²) in [4.78, 5) is 23.3. The molecule has 0 radical (unpaired) electrons. The van der Waals surface area contributed by atoms with Gasteiger partial charge < -0.3 is 14.8 Å². The Morgan fingerprint density at radius 3 is 2.88 bits per heavy atom. The number of halogens is 1. The highest BCUT2D eigenvalue weighted by Gasteiger charge is 2.40. The van der Waals surface area contributed by atoms with Gasteiger partial charge in [0.1, 0.15) is 11.8 Å². The summed E-state index contributed by atoms with van der Waals surface area (Å²) in [7, 11) is 0. The van der Waals surface area contributed by atoms with Crippen LogP contribution in [0.2, 0.25) is 0 Å². The van der Waals surface area contributed by atoms with E-state index in [2.05, 4.69) is 41.9 Å². The summed E-state index contributed by atoms with van der Waals surface area (Å²) in [6.07, 6.45) is 1.67. The molecule has 3 unspecified atom stereocenters. The maximum Gasteiger partial charge on any atom is 0.407 e. The Bertz CT molecular complexity index is 670. The fourth-order valence-electron chi connectivity index (χ4n) is 3.51. The first kappa shape index (κ1) is 18.6. The molecule has 1 amide bonds. The van der Waals surface area contributed by atoms with E-state index in [9.17, 15) is 9.90 Å². The summed E-state index contributed by atoms with van der Waals surface area (Å²) in [5.41, 5.74) is 1.71. The third kappa shape index (κ3) is 4.00. The summed E-state index contributed by atoms with van der Waals surface area (Å²) in [5, 5.41) is 17.5. The largest absolute Gasteiger partial charge is 0.465 e. The summed E-state index contributed by atoms with van der Waals surface area (Å²) in [6.45, 7) is 6.88. The second kappa shape index (κ2) is 7.23. The van der Waals surface area contributed by atoms with Crippen LogP contribution in [0.25, 0.3) is 0 Å². The number of carboxylic acid groups (broad SMARTS) is 1. The minimum atomic E-state index is -0.823. The zero-order chi connectivity index (χ0) is 18.2. The predicted octanol–water partition coefficient (Wildman–Crippen LogP) is 4.30. The van der Waals surface area contributed by atoms with Crippen LogP contribution in [0.15, 0.2) is 10.5 Å². The summed E-state index contributed by atoms with van der Waals surface area (Å²) >= 11 is 5.07. The minimum absolute atomic E-state index is 0.000956. The molecule has 0 aliphatic carbocycles. The van der Waals surface area contributed by atoms with Gasteiger partial charge in [-0.3, -0.25) is 0 Å². The van der Waals surface area contributed by atoms with Crippen molar-refractivity contribution >= 4 is 39.1 Å². The first-order valence-corrected chi connectivity index (χ1v) is 10.5. The van der Waals surface area contributed by atoms with Gasteiger partial charge in [-0.25, -0.2) is 9.78 Å². The maximum absolute atomic E-state index is 11.6. The number of amides is 1. The second-order valence-corrected chi connectivity index (χ2v) is 9.31. The van der Waals surface area contributed by atoms with E-state index in [1.54, 1.807) is 16.2 Å². The quantitative estimate of drug-likeness (QED) is 0.726. The molecule has 1 aromatic rings. The molecule has 3 rings (SSSR count). The van der Waals surface area contributed by atoms with E-state index in [1.807, 2.05) is 5.38 Å². The van der Waals surface area contributed by atoms with Gasteiger partial charge in [-0.15, -0.1) is 11.3 Å². The number of likely N-dealkylation sites (tertiary alicyclic amines) is 1. The number of alkyl halides is 1. The van der Waals surface area contributed by atoms with E-state index in [0.29, 0.717) is 12.5 Å². The number of hydrogen-bond donors (Lipinski definition) is 1. The van der Waals surface area contributed by atoms with Crippen molar-refractivity contribution in [3.63, 3.8) is 0 Å². The number of hydrogen-bond acceptors (Lipinski definition) is 5. The van der Waals surface area contributed by atoms with Crippen LogP contribution in [-0.2, 0) is 4.84 Å². The van der Waals surface area contributed by atoms with Crippen molar-refractivity contribution < 1.29 is 14.7 Å². The van der Waals surface area contributed by atoms with Gasteiger partial charge in [0.25, 0.3) is 0 Å². The van der Waals surface area contributed by atoms with Gasteiger partial charge in [0.15, 0.2) is 0 Å². The zero-order valence-corrected chi connectivity index (χ0v) is 17.1. The lowest BCUT2D eigenvalue weighted by molar-refractivity contribution is 0.0525. The lowest BCUT2D eigenvalue weighted by Crippen LogP contribution is -2.51. The molecule has 0 spiro atoms. The van der Waals surface area contributed by atoms with E-state index in [4.69, 9.17) is 9.82 Å². The van der Waals surface area contributed by atoms with Crippen LogP contribution in [-0.4, -0.2) is 50.8 Å². The van der Waals surface area contributed by atoms with Gasteiger partial charge >= 0.3 is 6.09 Å². The summed E-state index contributed by atoms with van der Waals surface area (Å²) < 4.78 is 0. The van der Waals surface area contributed by atoms with Crippen LogP contribution in [0, 0.1) is 5.41 Å². The highest BCUT2D eigenvalue weighted by molar-refractivity contribution is 9.09. The fraction of sp³-hybridized carbons (Fsp3) is 0.706. The Labute approximate surface area is 160 Å². The van der Waals surface area contributed by atoms with Crippen molar-refractivity contribution in [1.29, 1.82) is 0 Å². The van der Waals surface area contributed by atoms with Gasteiger partial charge in [0.2, 0.25) is 0 Å². The topological polar surface area (TPSA) is 75.0 Å². The lowest BCUT2D eigenvalue weighted by atomic mass is 9.77. The molecule has 1 saturated heterocycles. The minimum Gasteiger partial charge on any atom is -0.465 e. The smallest absolute Gasteiger partial charge is 0.407 e. The van der Waals surface area contributed by atoms with Crippen molar-refractivity contribution in [2.75, 3.05) is 11.9 Å². The van der Waals surface area contributed by atoms with Gasteiger partial charge in [-0.2, -0.15) is 0 Å². The summed E-state index contributed by atoms with van der Waals surface area (Å²) in [5.74, 6) is 0.300. The van der Waals surface area contributed by atoms with Crippen molar-refractivity contribution in [3.05, 3.63) is 16.1 Å². The molecule has 0 bridgehead atoms. The van der Waals surface area contributed by atoms with Gasteiger partial charge in [-0.1, -0.05) is 41.9 Å². The molecular formula is C17H24BrN3O3S. The normalized spacial score (nSPS) is 27.1. The molecule has 25 heavy (non-hydrogen) atoms. The van der Waals surface area contributed by atoms with E-state index in [-0.39, 0.29) is 17.6 Å². The second-order valence-electron chi connectivity index (χ2n) is 7.77. The molecular weight excluding hydrogens is 406 g/mol. The average molecular weight is 430 g/mol. The molecule has 3 heterocycles. The fourth-order valence-corrected chi connectivity index (χ4v) is 4.84. The van der Waals surface area contributed by atoms with E-state index < -0.39 is 6.09 Å². The predicted molar refractivity (Wildman–Crippen MR) is 102 cm³/mol. The van der Waals surface area contributed by atoms with E-state index in [0.717, 1.165) is 41.0 Å². The van der Waals surface area contributed by atoms with Crippen LogP contribution in [0.1, 0.15) is 56.7 Å². The van der Waals surface area contributed by atoms with Crippen LogP contribution >= 0.6 is 27.3 Å². The Hall–Kier alpha value is -1.15. The SMILES string of the molecule is CC(C)(C)C1CC(c2nc(C3=NOC(CBr)C3)cs2)CCN1C(=O)O. The molecule has 8 heteroatoms. The molecule has 1 N–H and O–H groups in total. The van der Waals surface area contributed by atoms with Gasteiger partial charge in [-0.05, 0) is 18.3 Å². The van der Waals surface area contributed by atoms with Gasteiger partial charge in [0, 0.05) is 35.6 Å². The maximum atomic E-state index is 11.6. The van der Waals surface area contributed by atoms with Crippen LogP contribution in [0.3, 0.4) is 0 Å². The summed E-state index contributed by atoms with van der Waals surface area (Å²) in [6, 6.07) is 0.000956. The third-order valence-electron chi connectivity index (χ3n) is 4.92. The lowest BCUT2D eigenvalue weighted by Gasteiger charge is -2.44. The van der Waals surface area contributed by atoms with Crippen LogP contribution in [0.4, 0.5) is 4.79 Å². The number of piperidine rings is 1. The number of oxime groups is 1. The Morgan fingerprint density at radius 1 is 1.52 bits per heavy atom. The Morgan fingerprint density at radius 2 is 2.28 bits per heavy atom. The molecule has 0 saturated carbocycles. The number of thiazole rings is 1. The Kier molecular flexibility index (Phi) is 5.39. The first-order valence-electron chi connectivity index (χ1n) is 8.53. The Balaban J connectivity index is 1.74. The molecule has 2 aliphatic rings. The molecule has 1 fully saturated rings. The highest BCUT2D eigenvalue weighted by Crippen LogP contribution is 2.40. The van der Waals surface area contributed by atoms with Crippen molar-refractivity contribution in [1.82, 2.24) is 9.88 Å². The molecule has 1 aromatic heterocycles. The standard InChI is InChI=1S/C17H24BrN3O3S/c1-17(2,3)14-6-10(4-5-21(14)16(22)23)15-19-13(9-25-15)12-7-11(8-18)24-20-12/h9-11,14H,4-8H2,1-3H3,(H,22,23). The number of carbonyl (C=O) groups is 1. The monoisotopic (exact) mass is 429 g/mol. The molecule has 3 atom stereocenters. The molecule has 0 aromatic carbocycles. The highest BCUT2D eigenvalue weighted by atomic mass is 79.9. The third-order valence-corrected chi connectivity index (χ3v) is 6.65. The van der Waals surface area contributed by atoms with Crippen molar-refractivity contribution in [2.45, 2.75) is 58.1 Å². The van der Waals surface area contributed by atoms with Crippen LogP contribution < -0.4 is 0 Å². The average Bonchev–Trinajstić information content (AvgIpc) is 3.22. The molecule has 6 nitrogen and oxygen atoms in total. The van der Waals surface area contributed by atoms with Crippen molar-refractivity contribution in [3.8, 4) is 0 Å². The molecule has 2 aliphatic heterocycles. The van der Waals surface area contributed by atoms with Crippen molar-refractivity contribution in [2.24, 2.45) is 10.6 Å². The molecule has 138 valence electrons. The zero-order valence-electron chi connectivity index (χ0n) is 14.7. The van der Waals surface area contributed by atoms with Gasteiger partial charge in [0.05, 0.1) is 10.7 Å².